The van der Waals surface area contributed by atoms with E-state index in [9.17, 15) is 0 Å². The van der Waals surface area contributed by atoms with E-state index in [1.54, 1.807) is 7.11 Å². The van der Waals surface area contributed by atoms with Crippen LogP contribution >= 0.6 is 11.6 Å². The molecule has 0 radical (unpaired) electrons. The largest absolute Gasteiger partial charge is 0.495 e. The molecule has 1 aromatic rings. The zero-order valence-electron chi connectivity index (χ0n) is 12.4. The average molecular weight is 282 g/mol. The molecule has 2 nitrogen and oxygen atoms in total. The minimum absolute atomic E-state index is 0.731. The normalized spacial score (nSPS) is 19.5. The second-order valence-corrected chi connectivity index (χ2v) is 6.00. The molecule has 2 rings (SSSR count). The number of hydrogen-bond donors (Lipinski definition) is 1. The lowest BCUT2D eigenvalue weighted by Gasteiger charge is -2.26. The van der Waals surface area contributed by atoms with Crippen molar-refractivity contribution >= 4 is 11.6 Å². The van der Waals surface area contributed by atoms with Crippen LogP contribution in [0.25, 0.3) is 0 Å². The zero-order valence-corrected chi connectivity index (χ0v) is 13.2. The first-order valence-electron chi connectivity index (χ1n) is 7.09. The Morgan fingerprint density at radius 1 is 1.21 bits per heavy atom. The number of ether oxygens (including phenoxy) is 1. The van der Waals surface area contributed by atoms with E-state index in [2.05, 4.69) is 26.1 Å². The fourth-order valence-electron chi connectivity index (χ4n) is 3.08. The van der Waals surface area contributed by atoms with E-state index < -0.39 is 0 Å². The number of methoxy groups -OCH3 is 1. The molecule has 0 saturated carbocycles. The third-order valence-electron chi connectivity index (χ3n) is 4.43. The summed E-state index contributed by atoms with van der Waals surface area (Å²) in [5, 5.41) is 4.27. The number of nitrogens with one attached hydrogen (secondary N) is 1. The third-order valence-corrected chi connectivity index (χ3v) is 4.89. The van der Waals surface area contributed by atoms with Gasteiger partial charge in [0.05, 0.1) is 12.1 Å². The van der Waals surface area contributed by atoms with Gasteiger partial charge in [0.15, 0.2) is 0 Å². The van der Waals surface area contributed by atoms with Crippen molar-refractivity contribution in [3.63, 3.8) is 0 Å². The summed E-state index contributed by atoms with van der Waals surface area (Å²) in [5.41, 5.74) is 5.12. The number of halogens is 1. The Labute approximate surface area is 121 Å². The molecule has 1 unspecified atom stereocenters. The van der Waals surface area contributed by atoms with Gasteiger partial charge in [0.25, 0.3) is 0 Å². The third kappa shape index (κ3) is 2.90. The Kier molecular flexibility index (Phi) is 4.75. The summed E-state index contributed by atoms with van der Waals surface area (Å²) in [6.07, 6.45) is 3.72. The Morgan fingerprint density at radius 2 is 1.95 bits per heavy atom. The van der Waals surface area contributed by atoms with Gasteiger partial charge in [-0.1, -0.05) is 11.6 Å². The van der Waals surface area contributed by atoms with Crippen LogP contribution in [0.1, 0.15) is 35.1 Å². The summed E-state index contributed by atoms with van der Waals surface area (Å²) >= 11 is 6.45. The predicted molar refractivity (Wildman–Crippen MR) is 81.5 cm³/mol. The quantitative estimate of drug-likeness (QED) is 0.909. The van der Waals surface area contributed by atoms with Gasteiger partial charge in [-0.15, -0.1) is 0 Å². The minimum atomic E-state index is 0.731. The van der Waals surface area contributed by atoms with E-state index in [4.69, 9.17) is 16.3 Å². The summed E-state index contributed by atoms with van der Waals surface area (Å²) in [6, 6.07) is 0. The van der Waals surface area contributed by atoms with Crippen LogP contribution in [-0.2, 0) is 6.42 Å². The van der Waals surface area contributed by atoms with Crippen molar-refractivity contribution in [1.29, 1.82) is 0 Å². The van der Waals surface area contributed by atoms with Crippen molar-refractivity contribution in [1.82, 2.24) is 5.32 Å². The number of piperidine rings is 1. The van der Waals surface area contributed by atoms with Crippen molar-refractivity contribution in [3.05, 3.63) is 27.3 Å². The molecule has 19 heavy (non-hydrogen) atoms. The monoisotopic (exact) mass is 281 g/mol. The Bertz CT molecular complexity index is 435. The van der Waals surface area contributed by atoms with Crippen LogP contribution in [0.5, 0.6) is 5.75 Å². The maximum atomic E-state index is 6.45. The lowest BCUT2D eigenvalue weighted by molar-refractivity contribution is 0.374. The molecule has 0 amide bonds. The molecule has 1 atom stereocenters. The molecule has 0 aliphatic carbocycles. The molecular weight excluding hydrogens is 258 g/mol. The van der Waals surface area contributed by atoms with Gasteiger partial charge in [0.1, 0.15) is 5.75 Å². The second kappa shape index (κ2) is 6.15. The molecule has 1 N–H and O–H groups in total. The molecule has 1 saturated heterocycles. The molecule has 0 spiro atoms. The molecule has 0 bridgehead atoms. The van der Waals surface area contributed by atoms with Crippen LogP contribution < -0.4 is 10.1 Å². The van der Waals surface area contributed by atoms with Crippen molar-refractivity contribution in [2.24, 2.45) is 5.92 Å². The van der Waals surface area contributed by atoms with Crippen molar-refractivity contribution < 1.29 is 4.74 Å². The fraction of sp³-hybridized carbons (Fsp3) is 0.625. The zero-order chi connectivity index (χ0) is 14.0. The average Bonchev–Trinajstić information content (AvgIpc) is 2.43. The van der Waals surface area contributed by atoms with E-state index in [1.807, 2.05) is 0 Å². The first-order chi connectivity index (χ1) is 9.06. The summed E-state index contributed by atoms with van der Waals surface area (Å²) in [4.78, 5) is 0. The summed E-state index contributed by atoms with van der Waals surface area (Å²) in [7, 11) is 1.69. The molecule has 1 aromatic carbocycles. The lowest BCUT2D eigenvalue weighted by atomic mass is 9.86. The van der Waals surface area contributed by atoms with E-state index in [1.165, 1.54) is 35.1 Å². The molecular formula is C16H24ClNO. The van der Waals surface area contributed by atoms with Crippen molar-refractivity contribution in [2.75, 3.05) is 20.2 Å². The van der Waals surface area contributed by atoms with E-state index in [-0.39, 0.29) is 0 Å². The van der Waals surface area contributed by atoms with E-state index in [0.717, 1.165) is 36.2 Å². The molecule has 1 aliphatic rings. The first-order valence-corrected chi connectivity index (χ1v) is 7.46. The van der Waals surface area contributed by atoms with Crippen LogP contribution in [0.3, 0.4) is 0 Å². The minimum Gasteiger partial charge on any atom is -0.495 e. The highest BCUT2D eigenvalue weighted by molar-refractivity contribution is 6.33. The standard InChI is InChI=1S/C16H24ClNO/c1-10-11(2)16(19-4)15(17)12(3)14(10)8-13-6-5-7-18-9-13/h13,18H,5-9H2,1-4H3. The highest BCUT2D eigenvalue weighted by Crippen LogP contribution is 2.38. The Balaban J connectivity index is 2.34. The maximum absolute atomic E-state index is 6.45. The number of hydrogen-bond acceptors (Lipinski definition) is 2. The highest BCUT2D eigenvalue weighted by Gasteiger charge is 2.20. The topological polar surface area (TPSA) is 21.3 Å². The predicted octanol–water partition coefficient (Wildman–Crippen LogP) is 3.82. The second-order valence-electron chi connectivity index (χ2n) is 5.62. The number of benzene rings is 1. The Morgan fingerprint density at radius 3 is 2.53 bits per heavy atom. The highest BCUT2D eigenvalue weighted by atomic mass is 35.5. The van der Waals surface area contributed by atoms with Crippen LogP contribution in [0.2, 0.25) is 5.02 Å². The van der Waals surface area contributed by atoms with Crippen molar-refractivity contribution in [3.8, 4) is 5.75 Å². The van der Waals surface area contributed by atoms with Crippen LogP contribution in [0.15, 0.2) is 0 Å². The Hall–Kier alpha value is -0.730. The molecule has 3 heteroatoms. The van der Waals surface area contributed by atoms with Gasteiger partial charge in [0, 0.05) is 0 Å². The van der Waals surface area contributed by atoms with Crippen LogP contribution in [-0.4, -0.2) is 20.2 Å². The first kappa shape index (κ1) is 14.7. The summed E-state index contributed by atoms with van der Waals surface area (Å²) in [5.74, 6) is 1.57. The molecule has 1 heterocycles. The van der Waals surface area contributed by atoms with Gasteiger partial charge in [-0.25, -0.2) is 0 Å². The van der Waals surface area contributed by atoms with Gasteiger partial charge in [-0.3, -0.25) is 0 Å². The van der Waals surface area contributed by atoms with E-state index >= 15 is 0 Å². The molecule has 1 aliphatic heterocycles. The molecule has 1 fully saturated rings. The smallest absolute Gasteiger partial charge is 0.140 e. The number of rotatable bonds is 3. The van der Waals surface area contributed by atoms with Gasteiger partial charge in [0.2, 0.25) is 0 Å². The van der Waals surface area contributed by atoms with Gasteiger partial charge in [-0.2, -0.15) is 0 Å². The maximum Gasteiger partial charge on any atom is 0.140 e. The molecule has 106 valence electrons. The fourth-order valence-corrected chi connectivity index (χ4v) is 3.41. The van der Waals surface area contributed by atoms with Gasteiger partial charge in [-0.05, 0) is 81.3 Å². The van der Waals surface area contributed by atoms with E-state index in [0.29, 0.717) is 0 Å². The van der Waals surface area contributed by atoms with Crippen molar-refractivity contribution in [2.45, 2.75) is 40.0 Å². The van der Waals surface area contributed by atoms with Crippen LogP contribution in [0.4, 0.5) is 0 Å². The SMILES string of the molecule is COc1c(C)c(C)c(CC2CCCNC2)c(C)c1Cl. The summed E-state index contributed by atoms with van der Waals surface area (Å²) < 4.78 is 5.44. The molecule has 0 aromatic heterocycles. The van der Waals surface area contributed by atoms with Gasteiger partial charge >= 0.3 is 0 Å². The summed E-state index contributed by atoms with van der Waals surface area (Å²) in [6.45, 7) is 8.69. The van der Waals surface area contributed by atoms with Crippen LogP contribution in [0, 0.1) is 26.7 Å². The lowest BCUT2D eigenvalue weighted by Crippen LogP contribution is -2.31. The van der Waals surface area contributed by atoms with Gasteiger partial charge < -0.3 is 10.1 Å².